The van der Waals surface area contributed by atoms with Gasteiger partial charge in [-0.2, -0.15) is 0 Å². The minimum atomic E-state index is 0.0412. The van der Waals surface area contributed by atoms with Gasteiger partial charge in [-0.15, -0.1) is 0 Å². The van der Waals surface area contributed by atoms with E-state index in [1.807, 2.05) is 30.1 Å². The summed E-state index contributed by atoms with van der Waals surface area (Å²) in [4.78, 5) is 18.6. The molecular weight excluding hydrogens is 264 g/mol. The van der Waals surface area contributed by atoms with Gasteiger partial charge in [0.2, 0.25) is 0 Å². The van der Waals surface area contributed by atoms with Crippen LogP contribution in [0.15, 0.2) is 24.4 Å². The smallest absolute Gasteiger partial charge is 0.317 e. The number of amides is 2. The van der Waals surface area contributed by atoms with Crippen LogP contribution >= 0.6 is 0 Å². The van der Waals surface area contributed by atoms with Gasteiger partial charge in [-0.05, 0) is 50.9 Å². The highest BCUT2D eigenvalue weighted by Gasteiger charge is 2.32. The standard InChI is InChI=1S/C16H26N4O/c1-13(8-10-17-2)15-7-5-11-20(15)16(21)19-12-14-6-3-4-9-18-14/h3-4,6,9,13,15,17H,5,7-8,10-12H2,1-2H3,(H,19,21). The van der Waals surface area contributed by atoms with Crippen LogP contribution in [-0.4, -0.2) is 42.1 Å². The number of likely N-dealkylation sites (tertiary alicyclic amines) is 1. The second-order valence-electron chi connectivity index (χ2n) is 5.75. The molecule has 0 bridgehead atoms. The number of pyridine rings is 1. The molecule has 2 atom stereocenters. The van der Waals surface area contributed by atoms with E-state index >= 15 is 0 Å². The largest absolute Gasteiger partial charge is 0.332 e. The van der Waals surface area contributed by atoms with E-state index < -0.39 is 0 Å². The van der Waals surface area contributed by atoms with Crippen LogP contribution in [0.3, 0.4) is 0 Å². The zero-order chi connectivity index (χ0) is 15.1. The molecule has 0 radical (unpaired) electrons. The summed E-state index contributed by atoms with van der Waals surface area (Å²) >= 11 is 0. The van der Waals surface area contributed by atoms with Crippen LogP contribution in [0.25, 0.3) is 0 Å². The first-order chi connectivity index (χ1) is 10.2. The lowest BCUT2D eigenvalue weighted by Crippen LogP contribution is -2.45. The van der Waals surface area contributed by atoms with Crippen molar-refractivity contribution in [2.24, 2.45) is 5.92 Å². The lowest BCUT2D eigenvalue weighted by Gasteiger charge is -2.29. The number of carbonyl (C=O) groups excluding carboxylic acids is 1. The third kappa shape index (κ3) is 4.43. The van der Waals surface area contributed by atoms with Crippen molar-refractivity contribution in [2.75, 3.05) is 20.1 Å². The number of hydrogen-bond donors (Lipinski definition) is 2. The van der Waals surface area contributed by atoms with Crippen molar-refractivity contribution in [3.63, 3.8) is 0 Å². The van der Waals surface area contributed by atoms with E-state index in [9.17, 15) is 4.79 Å². The van der Waals surface area contributed by atoms with Gasteiger partial charge in [0.15, 0.2) is 0 Å². The van der Waals surface area contributed by atoms with Crippen LogP contribution in [0.4, 0.5) is 4.79 Å². The van der Waals surface area contributed by atoms with Crippen LogP contribution < -0.4 is 10.6 Å². The quantitative estimate of drug-likeness (QED) is 0.842. The summed E-state index contributed by atoms with van der Waals surface area (Å²) in [6, 6.07) is 6.15. The van der Waals surface area contributed by atoms with Gasteiger partial charge in [-0.1, -0.05) is 13.0 Å². The third-order valence-electron chi connectivity index (χ3n) is 4.21. The highest BCUT2D eigenvalue weighted by molar-refractivity contribution is 5.74. The van der Waals surface area contributed by atoms with Crippen molar-refractivity contribution in [3.05, 3.63) is 30.1 Å². The summed E-state index contributed by atoms with van der Waals surface area (Å²) in [5.41, 5.74) is 0.893. The predicted octanol–water partition coefficient (Wildman–Crippen LogP) is 2.00. The molecule has 21 heavy (non-hydrogen) atoms. The molecule has 1 saturated heterocycles. The molecule has 0 saturated carbocycles. The molecular formula is C16H26N4O. The number of urea groups is 1. The van der Waals surface area contributed by atoms with Crippen molar-refractivity contribution in [3.8, 4) is 0 Å². The Hall–Kier alpha value is -1.62. The fraction of sp³-hybridized carbons (Fsp3) is 0.625. The number of nitrogens with one attached hydrogen (secondary N) is 2. The first-order valence-corrected chi connectivity index (χ1v) is 7.81. The second-order valence-corrected chi connectivity index (χ2v) is 5.75. The van der Waals surface area contributed by atoms with Crippen LogP contribution in [-0.2, 0) is 6.54 Å². The molecule has 0 aliphatic carbocycles. The molecule has 2 amide bonds. The third-order valence-corrected chi connectivity index (χ3v) is 4.21. The highest BCUT2D eigenvalue weighted by atomic mass is 16.2. The van der Waals surface area contributed by atoms with Gasteiger partial charge in [0.1, 0.15) is 0 Å². The number of rotatable bonds is 6. The maximum Gasteiger partial charge on any atom is 0.317 e. The molecule has 5 nitrogen and oxygen atoms in total. The van der Waals surface area contributed by atoms with Crippen molar-refractivity contribution in [2.45, 2.75) is 38.8 Å². The number of hydrogen-bond acceptors (Lipinski definition) is 3. The molecule has 0 spiro atoms. The lowest BCUT2D eigenvalue weighted by molar-refractivity contribution is 0.172. The fourth-order valence-electron chi connectivity index (χ4n) is 2.97. The van der Waals surface area contributed by atoms with Gasteiger partial charge in [0.25, 0.3) is 0 Å². The average Bonchev–Trinajstić information content (AvgIpc) is 3.01. The first-order valence-electron chi connectivity index (χ1n) is 7.81. The fourth-order valence-corrected chi connectivity index (χ4v) is 2.97. The van der Waals surface area contributed by atoms with Crippen molar-refractivity contribution in [1.82, 2.24) is 20.5 Å². The molecule has 2 rings (SSSR count). The monoisotopic (exact) mass is 290 g/mol. The summed E-state index contributed by atoms with van der Waals surface area (Å²) in [5.74, 6) is 0.528. The van der Waals surface area contributed by atoms with Crippen molar-refractivity contribution < 1.29 is 4.79 Å². The molecule has 1 aliphatic rings. The highest BCUT2D eigenvalue weighted by Crippen LogP contribution is 2.25. The molecule has 2 N–H and O–H groups in total. The van der Waals surface area contributed by atoms with Crippen LogP contribution in [0, 0.1) is 5.92 Å². The maximum atomic E-state index is 12.4. The molecule has 0 aromatic carbocycles. The lowest BCUT2D eigenvalue weighted by atomic mass is 9.96. The van der Waals surface area contributed by atoms with Crippen LogP contribution in [0.2, 0.25) is 0 Å². The van der Waals surface area contributed by atoms with Crippen molar-refractivity contribution in [1.29, 1.82) is 0 Å². The number of aromatic nitrogens is 1. The molecule has 5 heteroatoms. The summed E-state index contributed by atoms with van der Waals surface area (Å²) in [7, 11) is 1.97. The molecule has 2 unspecified atom stereocenters. The van der Waals surface area contributed by atoms with E-state index in [0.29, 0.717) is 18.5 Å². The van der Waals surface area contributed by atoms with E-state index in [4.69, 9.17) is 0 Å². The first kappa shape index (κ1) is 15.8. The second kappa shape index (κ2) is 7.98. The number of carbonyl (C=O) groups is 1. The zero-order valence-electron chi connectivity index (χ0n) is 13.0. The summed E-state index contributed by atoms with van der Waals surface area (Å²) in [6.07, 6.45) is 5.07. The topological polar surface area (TPSA) is 57.3 Å². The molecule has 116 valence electrons. The van der Waals surface area contributed by atoms with E-state index in [1.165, 1.54) is 0 Å². The Morgan fingerprint density at radius 3 is 3.10 bits per heavy atom. The SMILES string of the molecule is CNCCC(C)C1CCCN1C(=O)NCc1ccccn1. The van der Waals surface area contributed by atoms with Gasteiger partial charge < -0.3 is 15.5 Å². The Kier molecular flexibility index (Phi) is 5.99. The van der Waals surface area contributed by atoms with Gasteiger partial charge in [-0.3, -0.25) is 4.98 Å². The average molecular weight is 290 g/mol. The minimum Gasteiger partial charge on any atom is -0.332 e. The molecule has 1 aromatic rings. The van der Waals surface area contributed by atoms with Gasteiger partial charge in [-0.25, -0.2) is 4.79 Å². The normalized spacial score (nSPS) is 19.5. The predicted molar refractivity (Wildman–Crippen MR) is 83.9 cm³/mol. The van der Waals surface area contributed by atoms with E-state index in [2.05, 4.69) is 22.5 Å². The zero-order valence-corrected chi connectivity index (χ0v) is 13.0. The Morgan fingerprint density at radius 2 is 2.38 bits per heavy atom. The Morgan fingerprint density at radius 1 is 1.52 bits per heavy atom. The summed E-state index contributed by atoms with van der Waals surface area (Å²) < 4.78 is 0. The molecule has 1 aromatic heterocycles. The minimum absolute atomic E-state index is 0.0412. The van der Waals surface area contributed by atoms with E-state index in [-0.39, 0.29) is 6.03 Å². The Balaban J connectivity index is 1.85. The summed E-state index contributed by atoms with van der Waals surface area (Å²) in [6.45, 7) is 4.60. The van der Waals surface area contributed by atoms with Crippen LogP contribution in [0.1, 0.15) is 31.9 Å². The van der Waals surface area contributed by atoms with E-state index in [1.54, 1.807) is 6.20 Å². The van der Waals surface area contributed by atoms with E-state index in [0.717, 1.165) is 38.0 Å². The summed E-state index contributed by atoms with van der Waals surface area (Å²) in [5, 5.41) is 6.18. The molecule has 1 aliphatic heterocycles. The van der Waals surface area contributed by atoms with Gasteiger partial charge in [0, 0.05) is 18.8 Å². The van der Waals surface area contributed by atoms with Crippen molar-refractivity contribution >= 4 is 6.03 Å². The maximum absolute atomic E-state index is 12.4. The molecule has 2 heterocycles. The number of nitrogens with zero attached hydrogens (tertiary/aromatic N) is 2. The Labute approximate surface area is 127 Å². The van der Waals surface area contributed by atoms with Gasteiger partial charge in [0.05, 0.1) is 12.2 Å². The molecule has 1 fully saturated rings. The van der Waals surface area contributed by atoms with Gasteiger partial charge >= 0.3 is 6.03 Å². The van der Waals surface area contributed by atoms with Crippen LogP contribution in [0.5, 0.6) is 0 Å². The Bertz CT molecular complexity index is 437.